The minimum atomic E-state index is -0.246. The molecule has 6 nitrogen and oxygen atoms in total. The van der Waals surface area contributed by atoms with Gasteiger partial charge in [0.15, 0.2) is 0 Å². The van der Waals surface area contributed by atoms with Crippen LogP contribution in [0.5, 0.6) is 0 Å². The highest BCUT2D eigenvalue weighted by Crippen LogP contribution is 2.27. The smallest absolute Gasteiger partial charge is 0.253 e. The zero-order valence-corrected chi connectivity index (χ0v) is 15.1. The number of halogens is 1. The molecule has 2 aromatic heterocycles. The Hall–Kier alpha value is -3.12. The number of hydrogen-bond acceptors (Lipinski definition) is 3. The molecule has 0 spiro atoms. The van der Waals surface area contributed by atoms with E-state index in [1.807, 2.05) is 42.5 Å². The van der Waals surface area contributed by atoms with E-state index in [0.29, 0.717) is 17.8 Å². The first kappa shape index (κ1) is 17.3. The fraction of sp³-hybridized carbons (Fsp3) is 0.150. The SMILES string of the molecule is O=C(CCl)Nc1ccc(-c2cc(-c3cc4c([nH]3)CCNC4=O)ccn2)cc1. The van der Waals surface area contributed by atoms with Crippen LogP contribution in [-0.2, 0) is 11.2 Å². The molecule has 3 N–H and O–H groups in total. The third-order valence-corrected chi connectivity index (χ3v) is 4.70. The summed E-state index contributed by atoms with van der Waals surface area (Å²) in [6, 6.07) is 13.2. The first-order valence-corrected chi connectivity index (χ1v) is 9.10. The summed E-state index contributed by atoms with van der Waals surface area (Å²) in [7, 11) is 0. The zero-order valence-electron chi connectivity index (χ0n) is 14.4. The maximum Gasteiger partial charge on any atom is 0.253 e. The fourth-order valence-corrected chi connectivity index (χ4v) is 3.19. The van der Waals surface area contributed by atoms with E-state index in [4.69, 9.17) is 11.6 Å². The maximum absolute atomic E-state index is 12.0. The molecule has 27 heavy (non-hydrogen) atoms. The molecular formula is C20H17ClN4O2. The van der Waals surface area contributed by atoms with E-state index < -0.39 is 0 Å². The Morgan fingerprint density at radius 1 is 1.15 bits per heavy atom. The summed E-state index contributed by atoms with van der Waals surface area (Å²) >= 11 is 5.50. The molecule has 0 saturated carbocycles. The van der Waals surface area contributed by atoms with E-state index in [9.17, 15) is 9.59 Å². The lowest BCUT2D eigenvalue weighted by molar-refractivity contribution is -0.113. The molecule has 0 bridgehead atoms. The quantitative estimate of drug-likeness (QED) is 0.607. The summed E-state index contributed by atoms with van der Waals surface area (Å²) in [4.78, 5) is 31.1. The number of carbonyl (C=O) groups is 2. The number of fused-ring (bicyclic) bond motifs is 1. The zero-order chi connectivity index (χ0) is 18.8. The molecule has 1 aromatic carbocycles. The first-order chi connectivity index (χ1) is 13.1. The largest absolute Gasteiger partial charge is 0.358 e. The molecule has 0 saturated heterocycles. The van der Waals surface area contributed by atoms with Crippen molar-refractivity contribution in [2.75, 3.05) is 17.7 Å². The van der Waals surface area contributed by atoms with Crippen molar-refractivity contribution in [3.05, 3.63) is 59.9 Å². The molecule has 0 aliphatic carbocycles. The number of H-pyrrole nitrogens is 1. The van der Waals surface area contributed by atoms with Crippen molar-refractivity contribution in [3.63, 3.8) is 0 Å². The topological polar surface area (TPSA) is 86.9 Å². The monoisotopic (exact) mass is 380 g/mol. The fourth-order valence-electron chi connectivity index (χ4n) is 3.12. The number of carbonyl (C=O) groups excluding carboxylic acids is 2. The van der Waals surface area contributed by atoms with Crippen molar-refractivity contribution in [3.8, 4) is 22.5 Å². The lowest BCUT2D eigenvalue weighted by Gasteiger charge is -2.11. The molecule has 1 aliphatic rings. The summed E-state index contributed by atoms with van der Waals surface area (Å²) < 4.78 is 0. The van der Waals surface area contributed by atoms with Crippen molar-refractivity contribution in [1.82, 2.24) is 15.3 Å². The maximum atomic E-state index is 12.0. The standard InChI is InChI=1S/C20H17ClN4O2/c21-11-19(26)24-14-3-1-12(2-4-14)17-9-13(5-7-22-17)18-10-15-16(25-18)6-8-23-20(15)27/h1-5,7,9-10,25H,6,8,11H2,(H,23,27)(H,24,26). The molecular weight excluding hydrogens is 364 g/mol. The second-order valence-electron chi connectivity index (χ2n) is 6.27. The van der Waals surface area contributed by atoms with Crippen LogP contribution in [0.25, 0.3) is 22.5 Å². The summed E-state index contributed by atoms with van der Waals surface area (Å²) in [5, 5.41) is 5.56. The molecule has 2 amide bonds. The molecule has 7 heteroatoms. The van der Waals surface area contributed by atoms with Gasteiger partial charge in [0.2, 0.25) is 5.91 Å². The van der Waals surface area contributed by atoms with E-state index in [-0.39, 0.29) is 17.7 Å². The third-order valence-electron chi connectivity index (χ3n) is 4.46. The summed E-state index contributed by atoms with van der Waals surface area (Å²) in [6.45, 7) is 0.653. The number of amides is 2. The van der Waals surface area contributed by atoms with Gasteiger partial charge in [0, 0.05) is 47.4 Å². The van der Waals surface area contributed by atoms with Crippen LogP contribution in [-0.4, -0.2) is 34.2 Å². The normalized spacial score (nSPS) is 13.0. The van der Waals surface area contributed by atoms with Gasteiger partial charge in [0.1, 0.15) is 5.88 Å². The number of pyridine rings is 1. The Balaban J connectivity index is 1.61. The van der Waals surface area contributed by atoms with Gasteiger partial charge in [-0.05, 0) is 30.3 Å². The number of nitrogens with zero attached hydrogens (tertiary/aromatic N) is 1. The van der Waals surface area contributed by atoms with Crippen LogP contribution in [0, 0.1) is 0 Å². The highest BCUT2D eigenvalue weighted by molar-refractivity contribution is 6.29. The van der Waals surface area contributed by atoms with Gasteiger partial charge in [0.25, 0.3) is 5.91 Å². The number of anilines is 1. The number of aromatic amines is 1. The van der Waals surface area contributed by atoms with E-state index in [1.54, 1.807) is 6.20 Å². The average molecular weight is 381 g/mol. The predicted molar refractivity (Wildman–Crippen MR) is 105 cm³/mol. The van der Waals surface area contributed by atoms with Gasteiger partial charge in [-0.2, -0.15) is 0 Å². The van der Waals surface area contributed by atoms with E-state index >= 15 is 0 Å². The lowest BCUT2D eigenvalue weighted by Crippen LogP contribution is -2.31. The van der Waals surface area contributed by atoms with Gasteiger partial charge in [-0.25, -0.2) is 0 Å². The van der Waals surface area contributed by atoms with Gasteiger partial charge >= 0.3 is 0 Å². The van der Waals surface area contributed by atoms with E-state index in [1.165, 1.54) is 0 Å². The van der Waals surface area contributed by atoms with Crippen LogP contribution in [0.3, 0.4) is 0 Å². The van der Waals surface area contributed by atoms with Crippen molar-refractivity contribution >= 4 is 29.1 Å². The molecule has 1 aliphatic heterocycles. The number of rotatable bonds is 4. The van der Waals surface area contributed by atoms with Crippen molar-refractivity contribution in [2.45, 2.75) is 6.42 Å². The van der Waals surface area contributed by atoms with Crippen LogP contribution < -0.4 is 10.6 Å². The Bertz CT molecular complexity index is 1010. The van der Waals surface area contributed by atoms with Gasteiger partial charge in [-0.1, -0.05) is 12.1 Å². The van der Waals surface area contributed by atoms with Gasteiger partial charge in [-0.15, -0.1) is 11.6 Å². The predicted octanol–water partition coefficient (Wildman–Crippen LogP) is 3.21. The first-order valence-electron chi connectivity index (χ1n) is 8.57. The van der Waals surface area contributed by atoms with Gasteiger partial charge in [0.05, 0.1) is 11.3 Å². The van der Waals surface area contributed by atoms with Crippen molar-refractivity contribution in [2.24, 2.45) is 0 Å². The highest BCUT2D eigenvalue weighted by atomic mass is 35.5. The summed E-state index contributed by atoms with van der Waals surface area (Å²) in [5.41, 5.74) is 5.94. The van der Waals surface area contributed by atoms with Gasteiger partial charge in [-0.3, -0.25) is 14.6 Å². The second kappa shape index (κ2) is 7.25. The van der Waals surface area contributed by atoms with Crippen LogP contribution in [0.1, 0.15) is 16.1 Å². The Labute approximate surface area is 161 Å². The molecule has 0 atom stereocenters. The van der Waals surface area contributed by atoms with Crippen molar-refractivity contribution in [1.29, 1.82) is 0 Å². The van der Waals surface area contributed by atoms with Crippen molar-refractivity contribution < 1.29 is 9.59 Å². The number of aromatic nitrogens is 2. The summed E-state index contributed by atoms with van der Waals surface area (Å²) in [6.07, 6.45) is 2.54. The average Bonchev–Trinajstić information content (AvgIpc) is 3.14. The Kier molecular flexibility index (Phi) is 4.64. The Morgan fingerprint density at radius 3 is 2.70 bits per heavy atom. The third kappa shape index (κ3) is 3.57. The highest BCUT2D eigenvalue weighted by Gasteiger charge is 2.20. The molecule has 3 aromatic rings. The molecule has 4 rings (SSSR count). The lowest BCUT2D eigenvalue weighted by atomic mass is 10.1. The van der Waals surface area contributed by atoms with Gasteiger partial charge < -0.3 is 15.6 Å². The minimum absolute atomic E-state index is 0.0392. The summed E-state index contributed by atoms with van der Waals surface area (Å²) in [5.74, 6) is -0.365. The molecule has 0 fully saturated rings. The minimum Gasteiger partial charge on any atom is -0.358 e. The van der Waals surface area contributed by atoms with Crippen LogP contribution in [0.4, 0.5) is 5.69 Å². The number of alkyl halides is 1. The molecule has 0 radical (unpaired) electrons. The molecule has 3 heterocycles. The second-order valence-corrected chi connectivity index (χ2v) is 6.54. The van der Waals surface area contributed by atoms with E-state index in [0.717, 1.165) is 34.6 Å². The van der Waals surface area contributed by atoms with Crippen LogP contribution in [0.2, 0.25) is 0 Å². The van der Waals surface area contributed by atoms with E-state index in [2.05, 4.69) is 20.6 Å². The van der Waals surface area contributed by atoms with Crippen LogP contribution >= 0.6 is 11.6 Å². The Morgan fingerprint density at radius 2 is 1.96 bits per heavy atom. The number of hydrogen-bond donors (Lipinski definition) is 3. The molecule has 0 unspecified atom stereocenters. The molecule has 136 valence electrons. The number of nitrogens with one attached hydrogen (secondary N) is 3. The number of benzene rings is 1. The van der Waals surface area contributed by atoms with Crippen LogP contribution in [0.15, 0.2) is 48.7 Å².